The van der Waals surface area contributed by atoms with E-state index in [1.165, 1.54) is 4.90 Å². The lowest BCUT2D eigenvalue weighted by molar-refractivity contribution is -0.0493. The molecular formula is C21H25NO3S. The molecule has 1 fully saturated rings. The van der Waals surface area contributed by atoms with Gasteiger partial charge in [-0.15, -0.1) is 11.8 Å². The molecule has 0 bridgehead atoms. The number of nitrogens with zero attached hydrogens (tertiary/aromatic N) is 1. The molecule has 0 spiro atoms. The molecule has 1 saturated heterocycles. The minimum absolute atomic E-state index is 0.144. The van der Waals surface area contributed by atoms with Crippen molar-refractivity contribution in [2.75, 3.05) is 12.4 Å². The number of rotatable bonds is 5. The van der Waals surface area contributed by atoms with Crippen molar-refractivity contribution in [3.05, 3.63) is 65.7 Å². The Bertz CT molecular complexity index is 731. The van der Waals surface area contributed by atoms with Gasteiger partial charge in [0.2, 0.25) is 0 Å². The molecule has 4 nitrogen and oxygen atoms in total. The molecule has 1 unspecified atom stereocenters. The fourth-order valence-electron chi connectivity index (χ4n) is 3.14. The molecule has 1 aliphatic rings. The average Bonchev–Trinajstić information content (AvgIpc) is 2.97. The molecule has 1 aliphatic heterocycles. The van der Waals surface area contributed by atoms with Crippen LogP contribution in [0, 0.1) is 0 Å². The summed E-state index contributed by atoms with van der Waals surface area (Å²) in [6, 6.07) is 17.9. The normalized spacial score (nSPS) is 18.7. The van der Waals surface area contributed by atoms with Crippen LogP contribution in [-0.2, 0) is 16.1 Å². The fourth-order valence-corrected chi connectivity index (χ4v) is 3.80. The smallest absolute Gasteiger partial charge is 0.412 e. The zero-order chi connectivity index (χ0) is 18.6. The van der Waals surface area contributed by atoms with Gasteiger partial charge in [0.25, 0.3) is 0 Å². The van der Waals surface area contributed by atoms with Gasteiger partial charge in [-0.3, -0.25) is 4.90 Å². The summed E-state index contributed by atoms with van der Waals surface area (Å²) >= 11 is 1.80. The molecule has 26 heavy (non-hydrogen) atoms. The van der Waals surface area contributed by atoms with E-state index in [-0.39, 0.29) is 18.7 Å². The van der Waals surface area contributed by atoms with E-state index in [0.717, 1.165) is 16.9 Å². The Balaban J connectivity index is 1.74. The number of amides is 1. The van der Waals surface area contributed by atoms with E-state index in [1.807, 2.05) is 44.2 Å². The second-order valence-corrected chi connectivity index (χ2v) is 8.02. The predicted molar refractivity (Wildman–Crippen MR) is 104 cm³/mol. The molecule has 1 atom stereocenters. The van der Waals surface area contributed by atoms with Crippen LogP contribution < -0.4 is 0 Å². The third-order valence-corrected chi connectivity index (χ3v) is 5.36. The van der Waals surface area contributed by atoms with Crippen LogP contribution >= 0.6 is 11.8 Å². The van der Waals surface area contributed by atoms with E-state index in [4.69, 9.17) is 9.47 Å². The Morgan fingerprint density at radius 3 is 2.54 bits per heavy atom. The Hall–Kier alpha value is -1.98. The standard InChI is InChI=1S/C21H25NO3S/c1-4-26-18-12-10-17(11-13-18)19-15-25-21(2,3)22(19)20(23)24-14-16-8-6-5-7-9-16/h5-13,19H,4,14-15H2,1-3H3. The van der Waals surface area contributed by atoms with Crippen molar-refractivity contribution in [2.24, 2.45) is 0 Å². The summed E-state index contributed by atoms with van der Waals surface area (Å²) < 4.78 is 11.5. The van der Waals surface area contributed by atoms with Crippen LogP contribution in [0.15, 0.2) is 59.5 Å². The summed E-state index contributed by atoms with van der Waals surface area (Å²) in [5, 5.41) is 0. The molecule has 0 radical (unpaired) electrons. The first-order chi connectivity index (χ1) is 12.5. The van der Waals surface area contributed by atoms with E-state index in [9.17, 15) is 4.79 Å². The van der Waals surface area contributed by atoms with Crippen LogP contribution in [0.25, 0.3) is 0 Å². The van der Waals surface area contributed by atoms with Gasteiger partial charge in [-0.1, -0.05) is 49.4 Å². The van der Waals surface area contributed by atoms with Crippen molar-refractivity contribution in [2.45, 2.75) is 44.0 Å². The van der Waals surface area contributed by atoms with Gasteiger partial charge in [0, 0.05) is 4.90 Å². The molecule has 0 aromatic heterocycles. The van der Waals surface area contributed by atoms with Crippen molar-refractivity contribution in [1.82, 2.24) is 4.90 Å². The van der Waals surface area contributed by atoms with E-state index >= 15 is 0 Å². The maximum Gasteiger partial charge on any atom is 0.412 e. The van der Waals surface area contributed by atoms with Crippen molar-refractivity contribution in [1.29, 1.82) is 0 Å². The molecule has 1 heterocycles. The maximum absolute atomic E-state index is 12.8. The number of ether oxygens (including phenoxy) is 2. The number of carbonyl (C=O) groups excluding carboxylic acids is 1. The Labute approximate surface area is 159 Å². The summed E-state index contributed by atoms with van der Waals surface area (Å²) in [5.74, 6) is 1.04. The average molecular weight is 372 g/mol. The lowest BCUT2D eigenvalue weighted by Gasteiger charge is -2.32. The number of hydrogen-bond acceptors (Lipinski definition) is 4. The quantitative estimate of drug-likeness (QED) is 0.673. The van der Waals surface area contributed by atoms with Gasteiger partial charge in [-0.05, 0) is 42.9 Å². The van der Waals surface area contributed by atoms with Gasteiger partial charge in [-0.25, -0.2) is 4.79 Å². The largest absolute Gasteiger partial charge is 0.444 e. The van der Waals surface area contributed by atoms with Crippen molar-refractivity contribution in [3.63, 3.8) is 0 Å². The van der Waals surface area contributed by atoms with Gasteiger partial charge in [0.05, 0.1) is 12.6 Å². The molecule has 138 valence electrons. The van der Waals surface area contributed by atoms with Gasteiger partial charge in [0.15, 0.2) is 0 Å². The number of thioether (sulfide) groups is 1. The maximum atomic E-state index is 12.8. The highest BCUT2D eigenvalue weighted by Gasteiger charge is 2.45. The highest BCUT2D eigenvalue weighted by Crippen LogP contribution is 2.38. The van der Waals surface area contributed by atoms with Crippen molar-refractivity contribution < 1.29 is 14.3 Å². The van der Waals surface area contributed by atoms with Crippen LogP contribution in [0.3, 0.4) is 0 Å². The summed E-state index contributed by atoms with van der Waals surface area (Å²) in [5.41, 5.74) is 1.33. The molecule has 2 aromatic carbocycles. The predicted octanol–water partition coefficient (Wildman–Crippen LogP) is 5.24. The van der Waals surface area contributed by atoms with Crippen LogP contribution in [-0.4, -0.2) is 29.1 Å². The number of hydrogen-bond donors (Lipinski definition) is 0. The van der Waals surface area contributed by atoms with E-state index in [0.29, 0.717) is 6.61 Å². The van der Waals surface area contributed by atoms with Crippen molar-refractivity contribution >= 4 is 17.9 Å². The van der Waals surface area contributed by atoms with Crippen molar-refractivity contribution in [3.8, 4) is 0 Å². The first-order valence-corrected chi connectivity index (χ1v) is 9.86. The SMILES string of the molecule is CCSc1ccc(C2COC(C)(C)N2C(=O)OCc2ccccc2)cc1. The van der Waals surface area contributed by atoms with Gasteiger partial charge in [0.1, 0.15) is 12.3 Å². The first kappa shape index (κ1) is 18.8. The van der Waals surface area contributed by atoms with Crippen LogP contribution in [0.1, 0.15) is 37.9 Å². The third-order valence-electron chi connectivity index (χ3n) is 4.46. The minimum atomic E-state index is -0.699. The minimum Gasteiger partial charge on any atom is -0.444 e. The van der Waals surface area contributed by atoms with Gasteiger partial charge in [-0.2, -0.15) is 0 Å². The van der Waals surface area contributed by atoms with Crippen LogP contribution in [0.4, 0.5) is 4.79 Å². The van der Waals surface area contributed by atoms with E-state index < -0.39 is 5.72 Å². The molecule has 2 aromatic rings. The Morgan fingerprint density at radius 1 is 1.19 bits per heavy atom. The number of benzene rings is 2. The summed E-state index contributed by atoms with van der Waals surface area (Å²) in [4.78, 5) is 15.7. The van der Waals surface area contributed by atoms with E-state index in [2.05, 4.69) is 31.2 Å². The van der Waals surface area contributed by atoms with Gasteiger partial charge >= 0.3 is 6.09 Å². The molecule has 0 saturated carbocycles. The van der Waals surface area contributed by atoms with Gasteiger partial charge < -0.3 is 9.47 Å². The van der Waals surface area contributed by atoms with Crippen LogP contribution in [0.2, 0.25) is 0 Å². The lowest BCUT2D eigenvalue weighted by Crippen LogP contribution is -2.45. The lowest BCUT2D eigenvalue weighted by atomic mass is 10.1. The Morgan fingerprint density at radius 2 is 1.88 bits per heavy atom. The highest BCUT2D eigenvalue weighted by atomic mass is 32.2. The Kier molecular flexibility index (Phi) is 5.89. The zero-order valence-corrected chi connectivity index (χ0v) is 16.3. The fraction of sp³-hybridized carbons (Fsp3) is 0.381. The molecule has 1 amide bonds. The molecule has 3 rings (SSSR count). The summed E-state index contributed by atoms with van der Waals surface area (Å²) in [7, 11) is 0. The van der Waals surface area contributed by atoms with Crippen LogP contribution in [0.5, 0.6) is 0 Å². The molecule has 5 heteroatoms. The topological polar surface area (TPSA) is 38.8 Å². The first-order valence-electron chi connectivity index (χ1n) is 8.88. The summed E-state index contributed by atoms with van der Waals surface area (Å²) in [6.45, 7) is 6.66. The molecule has 0 aliphatic carbocycles. The number of carbonyl (C=O) groups is 1. The second kappa shape index (κ2) is 8.14. The zero-order valence-electron chi connectivity index (χ0n) is 15.5. The summed E-state index contributed by atoms with van der Waals surface area (Å²) in [6.07, 6.45) is -0.353. The molecular weight excluding hydrogens is 346 g/mol. The monoisotopic (exact) mass is 371 g/mol. The third kappa shape index (κ3) is 4.22. The highest BCUT2D eigenvalue weighted by molar-refractivity contribution is 7.99. The second-order valence-electron chi connectivity index (χ2n) is 6.69. The molecule has 0 N–H and O–H groups in total. The van der Waals surface area contributed by atoms with E-state index in [1.54, 1.807) is 16.7 Å².